The van der Waals surface area contributed by atoms with Crippen molar-refractivity contribution in [2.24, 2.45) is 0 Å². The predicted molar refractivity (Wildman–Crippen MR) is 75.2 cm³/mol. The van der Waals surface area contributed by atoms with Crippen LogP contribution in [-0.4, -0.2) is 10.1 Å². The Bertz CT molecular complexity index is 545. The topological polar surface area (TPSA) is 38.9 Å². The van der Waals surface area contributed by atoms with Crippen LogP contribution in [0.1, 0.15) is 29.5 Å². The van der Waals surface area contributed by atoms with Crippen molar-refractivity contribution < 1.29 is 4.52 Å². The van der Waals surface area contributed by atoms with Gasteiger partial charge in [0.25, 0.3) is 0 Å². The van der Waals surface area contributed by atoms with Crippen LogP contribution in [0.25, 0.3) is 0 Å². The molecular formula is C12H12Cl2N2OS. The maximum atomic E-state index is 5.97. The molecule has 3 nitrogen and oxygen atoms in total. The fourth-order valence-corrected chi connectivity index (χ4v) is 2.58. The largest absolute Gasteiger partial charge is 0.338 e. The SMILES string of the molecule is Cc1noc([C@H](C)SCc2ccc(Cl)c(Cl)c2)n1. The highest BCUT2D eigenvalue weighted by Gasteiger charge is 2.13. The molecule has 2 rings (SSSR count). The van der Waals surface area contributed by atoms with Gasteiger partial charge in [0.1, 0.15) is 0 Å². The van der Waals surface area contributed by atoms with Crippen LogP contribution in [0.15, 0.2) is 22.7 Å². The minimum Gasteiger partial charge on any atom is -0.338 e. The molecule has 0 amide bonds. The van der Waals surface area contributed by atoms with Gasteiger partial charge in [-0.15, -0.1) is 11.8 Å². The van der Waals surface area contributed by atoms with Crippen LogP contribution < -0.4 is 0 Å². The number of aryl methyl sites for hydroxylation is 1. The van der Waals surface area contributed by atoms with Crippen LogP contribution in [0, 0.1) is 6.92 Å². The Morgan fingerprint density at radius 3 is 2.72 bits per heavy atom. The van der Waals surface area contributed by atoms with Gasteiger partial charge in [-0.2, -0.15) is 4.98 Å². The van der Waals surface area contributed by atoms with Gasteiger partial charge in [-0.1, -0.05) is 34.4 Å². The summed E-state index contributed by atoms with van der Waals surface area (Å²) in [5.74, 6) is 2.13. The molecule has 0 fully saturated rings. The second-order valence-corrected chi connectivity index (χ2v) is 6.03. The molecule has 18 heavy (non-hydrogen) atoms. The molecule has 0 N–H and O–H groups in total. The van der Waals surface area contributed by atoms with E-state index in [1.807, 2.05) is 26.0 Å². The number of thioether (sulfide) groups is 1. The van der Waals surface area contributed by atoms with E-state index in [2.05, 4.69) is 10.1 Å². The summed E-state index contributed by atoms with van der Waals surface area (Å²) in [6.45, 7) is 3.85. The van der Waals surface area contributed by atoms with Crippen LogP contribution in [0.4, 0.5) is 0 Å². The molecule has 1 atom stereocenters. The molecule has 1 heterocycles. The van der Waals surface area contributed by atoms with Gasteiger partial charge in [0.15, 0.2) is 5.82 Å². The summed E-state index contributed by atoms with van der Waals surface area (Å²) in [6.07, 6.45) is 0. The van der Waals surface area contributed by atoms with Crippen molar-refractivity contribution >= 4 is 35.0 Å². The molecule has 0 radical (unpaired) electrons. The highest BCUT2D eigenvalue weighted by atomic mass is 35.5. The third kappa shape index (κ3) is 3.40. The molecule has 0 saturated heterocycles. The summed E-state index contributed by atoms with van der Waals surface area (Å²) in [4.78, 5) is 4.21. The van der Waals surface area contributed by atoms with Gasteiger partial charge in [-0.25, -0.2) is 0 Å². The zero-order valence-electron chi connectivity index (χ0n) is 9.98. The molecule has 6 heteroatoms. The number of benzene rings is 1. The lowest BCUT2D eigenvalue weighted by molar-refractivity contribution is 0.376. The molecule has 0 aliphatic heterocycles. The van der Waals surface area contributed by atoms with E-state index < -0.39 is 0 Å². The smallest absolute Gasteiger partial charge is 0.239 e. The van der Waals surface area contributed by atoms with Gasteiger partial charge in [0.05, 0.1) is 15.3 Å². The van der Waals surface area contributed by atoms with E-state index in [9.17, 15) is 0 Å². The fraction of sp³-hybridized carbons (Fsp3) is 0.333. The maximum Gasteiger partial charge on any atom is 0.239 e. The average molecular weight is 303 g/mol. The first kappa shape index (κ1) is 13.7. The van der Waals surface area contributed by atoms with Crippen molar-refractivity contribution in [3.05, 3.63) is 45.5 Å². The Hall–Kier alpha value is -0.710. The lowest BCUT2D eigenvalue weighted by Gasteiger charge is -2.07. The average Bonchev–Trinajstić information content (AvgIpc) is 2.77. The second-order valence-electron chi connectivity index (χ2n) is 3.88. The van der Waals surface area contributed by atoms with Crippen molar-refractivity contribution in [1.82, 2.24) is 10.1 Å². The van der Waals surface area contributed by atoms with Crippen molar-refractivity contribution in [2.45, 2.75) is 24.9 Å². The van der Waals surface area contributed by atoms with Crippen molar-refractivity contribution in [3.63, 3.8) is 0 Å². The summed E-state index contributed by atoms with van der Waals surface area (Å²) in [5.41, 5.74) is 1.12. The first-order valence-corrected chi connectivity index (χ1v) is 7.22. The van der Waals surface area contributed by atoms with Gasteiger partial charge >= 0.3 is 0 Å². The molecule has 1 aromatic heterocycles. The first-order chi connectivity index (χ1) is 8.56. The fourth-order valence-electron chi connectivity index (χ4n) is 1.40. The number of halogens is 2. The molecule has 0 aliphatic carbocycles. The number of aromatic nitrogens is 2. The van der Waals surface area contributed by atoms with Crippen LogP contribution in [-0.2, 0) is 5.75 Å². The molecule has 0 unspecified atom stereocenters. The van der Waals surface area contributed by atoms with Crippen LogP contribution >= 0.6 is 35.0 Å². The Labute approximate surface area is 120 Å². The monoisotopic (exact) mass is 302 g/mol. The quantitative estimate of drug-likeness (QED) is 0.822. The van der Waals surface area contributed by atoms with Crippen molar-refractivity contribution in [1.29, 1.82) is 0 Å². The standard InChI is InChI=1S/C12H12Cl2N2OS/c1-7(12-15-8(2)16-17-12)18-6-9-3-4-10(13)11(14)5-9/h3-5,7H,6H2,1-2H3/t7-/m0/s1. The molecule has 0 bridgehead atoms. The van der Waals surface area contributed by atoms with E-state index in [-0.39, 0.29) is 5.25 Å². The zero-order chi connectivity index (χ0) is 13.1. The highest BCUT2D eigenvalue weighted by Crippen LogP contribution is 2.31. The maximum absolute atomic E-state index is 5.97. The summed E-state index contributed by atoms with van der Waals surface area (Å²) in [5, 5.41) is 5.09. The minimum absolute atomic E-state index is 0.153. The second kappa shape index (κ2) is 5.95. The van der Waals surface area contributed by atoms with Crippen LogP contribution in [0.5, 0.6) is 0 Å². The van der Waals surface area contributed by atoms with Gasteiger partial charge in [0, 0.05) is 5.75 Å². The lowest BCUT2D eigenvalue weighted by atomic mass is 10.2. The summed E-state index contributed by atoms with van der Waals surface area (Å²) in [6, 6.07) is 5.65. The molecule has 0 spiro atoms. The summed E-state index contributed by atoms with van der Waals surface area (Å²) < 4.78 is 5.13. The highest BCUT2D eigenvalue weighted by molar-refractivity contribution is 7.98. The molecule has 96 valence electrons. The van der Waals surface area contributed by atoms with Crippen LogP contribution in [0.3, 0.4) is 0 Å². The zero-order valence-corrected chi connectivity index (χ0v) is 12.3. The summed E-state index contributed by atoms with van der Waals surface area (Å²) in [7, 11) is 0. The minimum atomic E-state index is 0.153. The Balaban J connectivity index is 1.97. The Morgan fingerprint density at radius 1 is 1.33 bits per heavy atom. The Kier molecular flexibility index (Phi) is 4.54. The summed E-state index contributed by atoms with van der Waals surface area (Å²) >= 11 is 13.5. The molecular weight excluding hydrogens is 291 g/mol. The number of hydrogen-bond acceptors (Lipinski definition) is 4. The van der Waals surface area contributed by atoms with E-state index in [1.54, 1.807) is 17.8 Å². The van der Waals surface area contributed by atoms with Gasteiger partial charge in [0.2, 0.25) is 5.89 Å². The van der Waals surface area contributed by atoms with E-state index in [0.717, 1.165) is 11.3 Å². The third-order valence-corrected chi connectivity index (χ3v) is 4.32. The number of nitrogens with zero attached hydrogens (tertiary/aromatic N) is 2. The number of hydrogen-bond donors (Lipinski definition) is 0. The van der Waals surface area contributed by atoms with Gasteiger partial charge < -0.3 is 4.52 Å². The molecule has 0 saturated carbocycles. The molecule has 0 aliphatic rings. The van der Waals surface area contributed by atoms with Gasteiger partial charge in [-0.05, 0) is 31.5 Å². The van der Waals surface area contributed by atoms with E-state index in [1.165, 1.54) is 0 Å². The molecule has 2 aromatic rings. The lowest BCUT2D eigenvalue weighted by Crippen LogP contribution is -1.90. The van der Waals surface area contributed by atoms with E-state index in [4.69, 9.17) is 27.7 Å². The van der Waals surface area contributed by atoms with Crippen LogP contribution in [0.2, 0.25) is 10.0 Å². The van der Waals surface area contributed by atoms with E-state index >= 15 is 0 Å². The predicted octanol–water partition coefficient (Wildman–Crippen LogP) is 4.68. The van der Waals surface area contributed by atoms with Crippen molar-refractivity contribution in [3.8, 4) is 0 Å². The van der Waals surface area contributed by atoms with E-state index in [0.29, 0.717) is 21.8 Å². The van der Waals surface area contributed by atoms with Gasteiger partial charge in [-0.3, -0.25) is 0 Å². The number of rotatable bonds is 4. The molecule has 1 aromatic carbocycles. The third-order valence-electron chi connectivity index (χ3n) is 2.38. The normalized spacial score (nSPS) is 12.7. The van der Waals surface area contributed by atoms with Crippen molar-refractivity contribution in [2.75, 3.05) is 0 Å². The Morgan fingerprint density at radius 2 is 2.11 bits per heavy atom. The first-order valence-electron chi connectivity index (χ1n) is 5.42.